The van der Waals surface area contributed by atoms with E-state index in [1.54, 1.807) is 48.6 Å². The van der Waals surface area contributed by atoms with Crippen molar-refractivity contribution in [1.82, 2.24) is 0 Å². The summed E-state index contributed by atoms with van der Waals surface area (Å²) in [6.45, 7) is 0. The van der Waals surface area contributed by atoms with E-state index in [1.807, 2.05) is 0 Å². The molecule has 0 N–H and O–H groups in total. The first-order valence-corrected chi connectivity index (χ1v) is 7.34. The Labute approximate surface area is 136 Å². The highest BCUT2D eigenvalue weighted by Gasteiger charge is 2.28. The maximum absolute atomic E-state index is 12.3. The van der Waals surface area contributed by atoms with Crippen LogP contribution in [-0.2, 0) is 4.79 Å². The van der Waals surface area contributed by atoms with Crippen LogP contribution in [0, 0.1) is 5.92 Å². The molecule has 6 nitrogen and oxygen atoms in total. The fraction of sp³-hybridized carbons (Fsp3) is 0.111. The first kappa shape index (κ1) is 14.3. The number of amides is 1. The molecule has 0 fully saturated rings. The molecule has 118 valence electrons. The van der Waals surface area contributed by atoms with Crippen molar-refractivity contribution in [2.75, 3.05) is 7.11 Å². The molecule has 1 aromatic carbocycles. The number of fused-ring (bicyclic) bond motifs is 2. The third-order valence-corrected chi connectivity index (χ3v) is 3.90. The summed E-state index contributed by atoms with van der Waals surface area (Å²) in [6.07, 6.45) is 7.04. The van der Waals surface area contributed by atoms with E-state index < -0.39 is 11.5 Å². The molecular formula is C18H12N2O4. The van der Waals surface area contributed by atoms with Gasteiger partial charge in [-0.15, -0.1) is 0 Å². The Kier molecular flexibility index (Phi) is 3.23. The largest absolute Gasteiger partial charge is 0.497 e. The average molecular weight is 320 g/mol. The van der Waals surface area contributed by atoms with Crippen LogP contribution in [0.1, 0.15) is 5.56 Å². The summed E-state index contributed by atoms with van der Waals surface area (Å²) in [5, 5.41) is 0.696. The highest BCUT2D eigenvalue weighted by molar-refractivity contribution is 6.24. The van der Waals surface area contributed by atoms with Crippen LogP contribution in [0.3, 0.4) is 0 Å². The van der Waals surface area contributed by atoms with E-state index in [0.29, 0.717) is 22.4 Å². The Hall–Kier alpha value is -3.28. The van der Waals surface area contributed by atoms with Gasteiger partial charge in [0.05, 0.1) is 12.8 Å². The summed E-state index contributed by atoms with van der Waals surface area (Å²) >= 11 is 0. The predicted molar refractivity (Wildman–Crippen MR) is 89.8 cm³/mol. The maximum atomic E-state index is 12.3. The van der Waals surface area contributed by atoms with Crippen LogP contribution in [0.15, 0.2) is 67.8 Å². The van der Waals surface area contributed by atoms with Crippen LogP contribution in [0.2, 0.25) is 0 Å². The van der Waals surface area contributed by atoms with Gasteiger partial charge < -0.3 is 9.15 Å². The van der Waals surface area contributed by atoms with Crippen LogP contribution < -0.4 is 10.4 Å². The lowest BCUT2D eigenvalue weighted by atomic mass is 9.96. The van der Waals surface area contributed by atoms with Gasteiger partial charge in [-0.25, -0.2) is 9.79 Å². The van der Waals surface area contributed by atoms with E-state index in [1.165, 1.54) is 7.11 Å². The van der Waals surface area contributed by atoms with E-state index >= 15 is 0 Å². The van der Waals surface area contributed by atoms with Gasteiger partial charge in [0.1, 0.15) is 22.8 Å². The number of hydrogen-bond donors (Lipinski definition) is 0. The van der Waals surface area contributed by atoms with Crippen molar-refractivity contribution in [1.29, 1.82) is 0 Å². The highest BCUT2D eigenvalue weighted by atomic mass is 16.5. The Balaban J connectivity index is 1.85. The van der Waals surface area contributed by atoms with Gasteiger partial charge >= 0.3 is 5.63 Å². The topological polar surface area (TPSA) is 81.2 Å². The van der Waals surface area contributed by atoms with E-state index in [9.17, 15) is 9.59 Å². The molecule has 1 amide bonds. The fourth-order valence-electron chi connectivity index (χ4n) is 2.66. The summed E-state index contributed by atoms with van der Waals surface area (Å²) < 4.78 is 10.4. The van der Waals surface area contributed by atoms with Crippen molar-refractivity contribution < 1.29 is 13.9 Å². The van der Waals surface area contributed by atoms with E-state index in [2.05, 4.69) is 9.98 Å². The molecule has 0 bridgehead atoms. The summed E-state index contributed by atoms with van der Waals surface area (Å²) in [7, 11) is 1.54. The number of hydrogen-bond acceptors (Lipinski definition) is 5. The Morgan fingerprint density at radius 3 is 2.83 bits per heavy atom. The molecule has 1 aromatic heterocycles. The zero-order valence-electron chi connectivity index (χ0n) is 12.7. The predicted octanol–water partition coefficient (Wildman–Crippen LogP) is 2.27. The lowest BCUT2D eigenvalue weighted by molar-refractivity contribution is -0.118. The van der Waals surface area contributed by atoms with Gasteiger partial charge in [0.25, 0.3) is 5.91 Å². The monoisotopic (exact) mass is 320 g/mol. The second-order valence-corrected chi connectivity index (χ2v) is 5.38. The van der Waals surface area contributed by atoms with Gasteiger partial charge in [0.2, 0.25) is 0 Å². The average Bonchev–Trinajstić information content (AvgIpc) is 2.60. The number of ether oxygens (including phenoxy) is 1. The smallest absolute Gasteiger partial charge is 0.347 e. The molecule has 6 heteroatoms. The molecule has 0 saturated heterocycles. The zero-order chi connectivity index (χ0) is 16.7. The van der Waals surface area contributed by atoms with E-state index in [4.69, 9.17) is 9.15 Å². The van der Waals surface area contributed by atoms with Crippen LogP contribution in [0.5, 0.6) is 5.75 Å². The number of methoxy groups -OCH3 is 1. The van der Waals surface area contributed by atoms with Crippen molar-refractivity contribution in [2.45, 2.75) is 0 Å². The summed E-state index contributed by atoms with van der Waals surface area (Å²) in [4.78, 5) is 32.8. The second kappa shape index (κ2) is 5.42. The molecule has 2 aliphatic rings. The van der Waals surface area contributed by atoms with Crippen molar-refractivity contribution in [3.8, 4) is 5.75 Å². The number of carbonyl (C=O) groups excluding carboxylic acids is 1. The SMILES string of the molecule is COc1ccc2cc(C3=NC(=O)C4C=CC=CC4=N3)c(=O)oc2c1. The summed E-state index contributed by atoms with van der Waals surface area (Å²) in [5.74, 6) is -0.149. The molecule has 24 heavy (non-hydrogen) atoms. The lowest BCUT2D eigenvalue weighted by Gasteiger charge is -2.17. The quantitative estimate of drug-likeness (QED) is 0.795. The minimum absolute atomic E-state index is 0.0812. The third kappa shape index (κ3) is 2.28. The van der Waals surface area contributed by atoms with Gasteiger partial charge in [-0.3, -0.25) is 4.79 Å². The number of rotatable bonds is 2. The van der Waals surface area contributed by atoms with Crippen LogP contribution in [0.4, 0.5) is 0 Å². The van der Waals surface area contributed by atoms with Gasteiger partial charge in [-0.2, -0.15) is 4.99 Å². The number of carbonyl (C=O) groups is 1. The number of amidine groups is 1. The van der Waals surface area contributed by atoms with Gasteiger partial charge in [-0.05, 0) is 24.3 Å². The third-order valence-electron chi connectivity index (χ3n) is 3.90. The Morgan fingerprint density at radius 2 is 2.00 bits per heavy atom. The molecule has 0 spiro atoms. The minimum Gasteiger partial charge on any atom is -0.497 e. The number of benzene rings is 1. The van der Waals surface area contributed by atoms with Crippen LogP contribution >= 0.6 is 0 Å². The molecule has 0 saturated carbocycles. The number of allylic oxidation sites excluding steroid dienone is 3. The number of aliphatic imine (C=N–C) groups is 2. The van der Waals surface area contributed by atoms with E-state index in [0.717, 1.165) is 0 Å². The first-order valence-electron chi connectivity index (χ1n) is 7.34. The minimum atomic E-state index is -0.597. The highest BCUT2D eigenvalue weighted by Crippen LogP contribution is 2.22. The number of nitrogens with zero attached hydrogens (tertiary/aromatic N) is 2. The zero-order valence-corrected chi connectivity index (χ0v) is 12.7. The molecule has 4 rings (SSSR count). The fourth-order valence-corrected chi connectivity index (χ4v) is 2.66. The first-order chi connectivity index (χ1) is 11.7. The van der Waals surface area contributed by atoms with Crippen LogP contribution in [0.25, 0.3) is 11.0 Å². The van der Waals surface area contributed by atoms with Crippen LogP contribution in [-0.4, -0.2) is 24.6 Å². The van der Waals surface area contributed by atoms with Gasteiger partial charge in [0.15, 0.2) is 5.84 Å². The summed E-state index contributed by atoms with van der Waals surface area (Å²) in [5.41, 5.74) is 0.536. The molecule has 2 heterocycles. The van der Waals surface area contributed by atoms with E-state index in [-0.39, 0.29) is 17.3 Å². The van der Waals surface area contributed by atoms with Crippen molar-refractivity contribution in [2.24, 2.45) is 15.9 Å². The molecule has 0 radical (unpaired) electrons. The summed E-state index contributed by atoms with van der Waals surface area (Å²) in [6, 6.07) is 6.78. The van der Waals surface area contributed by atoms with Gasteiger partial charge in [0, 0.05) is 11.5 Å². The van der Waals surface area contributed by atoms with Crippen molar-refractivity contribution in [3.05, 3.63) is 64.6 Å². The molecule has 2 aromatic rings. The molecule has 1 atom stereocenters. The van der Waals surface area contributed by atoms with Crippen molar-refractivity contribution >= 4 is 28.4 Å². The molecule has 1 aliphatic heterocycles. The lowest BCUT2D eigenvalue weighted by Crippen LogP contribution is -2.29. The Morgan fingerprint density at radius 1 is 1.12 bits per heavy atom. The second-order valence-electron chi connectivity index (χ2n) is 5.38. The van der Waals surface area contributed by atoms with Crippen molar-refractivity contribution in [3.63, 3.8) is 0 Å². The maximum Gasteiger partial charge on any atom is 0.347 e. The standard InChI is InChI=1S/C18H12N2O4/c1-23-11-7-6-10-8-13(18(22)24-15(10)9-11)16-19-14-5-3-2-4-12(14)17(21)20-16/h2-9,12H,1H3. The normalized spacial score (nSPS) is 19.0. The Bertz CT molecular complexity index is 1040. The van der Waals surface area contributed by atoms with Gasteiger partial charge in [-0.1, -0.05) is 18.2 Å². The molecule has 1 aliphatic carbocycles. The molecular weight excluding hydrogens is 308 g/mol. The molecule has 1 unspecified atom stereocenters.